The van der Waals surface area contributed by atoms with Crippen LogP contribution in [0.25, 0.3) is 11.0 Å². The van der Waals surface area contributed by atoms with Crippen molar-refractivity contribution in [3.8, 4) is 6.07 Å². The number of halogens is 2. The molecule has 6 nitrogen and oxygen atoms in total. The minimum Gasteiger partial charge on any atom is -0.381 e. The minimum absolute atomic E-state index is 0.0422. The van der Waals surface area contributed by atoms with E-state index in [0.29, 0.717) is 39.6 Å². The zero-order valence-corrected chi connectivity index (χ0v) is 20.8. The Morgan fingerprint density at radius 1 is 1.21 bits per heavy atom. The van der Waals surface area contributed by atoms with E-state index < -0.39 is 0 Å². The number of hydrogen-bond acceptors (Lipinski definition) is 4. The number of aromatic nitrogens is 2. The predicted octanol–water partition coefficient (Wildman–Crippen LogP) is 5.15. The average molecular weight is 497 g/mol. The van der Waals surface area contributed by atoms with Crippen LogP contribution in [0.5, 0.6) is 0 Å². The number of pyridine rings is 1. The topological polar surface area (TPSA) is 71.2 Å². The summed E-state index contributed by atoms with van der Waals surface area (Å²) >= 11 is 13.4. The van der Waals surface area contributed by atoms with Gasteiger partial charge in [-0.3, -0.25) is 4.79 Å². The van der Waals surface area contributed by atoms with Crippen molar-refractivity contribution in [2.75, 3.05) is 26.3 Å². The maximum absolute atomic E-state index is 13.3. The molecule has 0 atom stereocenters. The van der Waals surface area contributed by atoms with Gasteiger partial charge in [0.05, 0.1) is 23.8 Å². The molecule has 4 heterocycles. The fourth-order valence-corrected chi connectivity index (χ4v) is 5.69. The number of ether oxygens (including phenoxy) is 1. The molecule has 2 aliphatic rings. The molecule has 0 bridgehead atoms. The Kier molecular flexibility index (Phi) is 6.28. The molecule has 34 heavy (non-hydrogen) atoms. The van der Waals surface area contributed by atoms with Crippen LogP contribution < -0.4 is 0 Å². The highest BCUT2D eigenvalue weighted by Crippen LogP contribution is 2.34. The van der Waals surface area contributed by atoms with Gasteiger partial charge in [-0.2, -0.15) is 5.26 Å². The lowest BCUT2D eigenvalue weighted by atomic mass is 9.83. The number of carbonyl (C=O) groups excluding carboxylic acids is 1. The summed E-state index contributed by atoms with van der Waals surface area (Å²) in [4.78, 5) is 19.7. The van der Waals surface area contributed by atoms with Gasteiger partial charge in [-0.05, 0) is 61.1 Å². The number of benzene rings is 1. The van der Waals surface area contributed by atoms with Gasteiger partial charge < -0.3 is 14.2 Å². The Hall–Kier alpha value is -2.59. The number of piperidine rings is 1. The van der Waals surface area contributed by atoms with E-state index in [2.05, 4.69) is 17.1 Å². The highest BCUT2D eigenvalue weighted by molar-refractivity contribution is 6.38. The second-order valence-corrected chi connectivity index (χ2v) is 10.1. The van der Waals surface area contributed by atoms with Crippen molar-refractivity contribution in [1.29, 1.82) is 5.26 Å². The van der Waals surface area contributed by atoms with Gasteiger partial charge in [-0.25, -0.2) is 4.98 Å². The second kappa shape index (κ2) is 9.22. The van der Waals surface area contributed by atoms with Crippen molar-refractivity contribution in [2.45, 2.75) is 26.2 Å². The van der Waals surface area contributed by atoms with Gasteiger partial charge in [-0.15, -0.1) is 0 Å². The first kappa shape index (κ1) is 23.2. The van der Waals surface area contributed by atoms with E-state index in [9.17, 15) is 10.1 Å². The van der Waals surface area contributed by atoms with Crippen LogP contribution in [0.3, 0.4) is 0 Å². The van der Waals surface area contributed by atoms with E-state index in [0.717, 1.165) is 67.0 Å². The van der Waals surface area contributed by atoms with Crippen LogP contribution >= 0.6 is 23.2 Å². The molecule has 3 aromatic rings. The van der Waals surface area contributed by atoms with Gasteiger partial charge in [0.25, 0.3) is 5.91 Å². The third-order valence-corrected chi connectivity index (χ3v) is 8.14. The largest absolute Gasteiger partial charge is 0.381 e. The Bertz CT molecular complexity index is 1310. The lowest BCUT2D eigenvalue weighted by molar-refractivity contribution is -0.0707. The number of amides is 1. The van der Waals surface area contributed by atoms with Crippen molar-refractivity contribution in [2.24, 2.45) is 18.9 Å². The maximum Gasteiger partial charge on any atom is 0.255 e. The number of nitrogens with zero attached hydrogens (tertiary/aromatic N) is 4. The summed E-state index contributed by atoms with van der Waals surface area (Å²) in [7, 11) is 1.92. The van der Waals surface area contributed by atoms with Gasteiger partial charge in [-0.1, -0.05) is 23.2 Å². The Balaban J connectivity index is 1.41. The molecular weight excluding hydrogens is 471 g/mol. The highest BCUT2D eigenvalue weighted by atomic mass is 35.5. The number of carbonyl (C=O) groups is 1. The van der Waals surface area contributed by atoms with Gasteiger partial charge in [0, 0.05) is 48.6 Å². The third kappa shape index (κ3) is 4.07. The first-order valence-electron chi connectivity index (χ1n) is 11.6. The van der Waals surface area contributed by atoms with Crippen LogP contribution in [-0.4, -0.2) is 46.7 Å². The summed E-state index contributed by atoms with van der Waals surface area (Å²) in [5.74, 6) is 1.24. The third-order valence-electron chi connectivity index (χ3n) is 7.35. The Morgan fingerprint density at radius 3 is 2.59 bits per heavy atom. The molecule has 5 rings (SSSR count). The Morgan fingerprint density at radius 2 is 1.94 bits per heavy atom. The molecule has 0 N–H and O–H groups in total. The van der Waals surface area contributed by atoms with Crippen molar-refractivity contribution in [1.82, 2.24) is 14.5 Å². The maximum atomic E-state index is 13.3. The Labute approximate surface area is 209 Å². The van der Waals surface area contributed by atoms with Crippen LogP contribution in [0, 0.1) is 30.1 Å². The molecule has 8 heteroatoms. The molecule has 0 saturated carbocycles. The number of fused-ring (bicyclic) bond motifs is 1. The molecule has 2 aromatic heterocycles. The summed E-state index contributed by atoms with van der Waals surface area (Å²) in [6.07, 6.45) is 2.46. The summed E-state index contributed by atoms with van der Waals surface area (Å²) in [6.45, 7) is 5.15. The lowest BCUT2D eigenvalue weighted by Crippen LogP contribution is -2.44. The first-order chi connectivity index (χ1) is 16.4. The molecule has 1 amide bonds. The van der Waals surface area contributed by atoms with E-state index in [4.69, 9.17) is 27.9 Å². The van der Waals surface area contributed by atoms with E-state index in [1.165, 1.54) is 0 Å². The summed E-state index contributed by atoms with van der Waals surface area (Å²) < 4.78 is 7.29. The van der Waals surface area contributed by atoms with Gasteiger partial charge in [0.15, 0.2) is 0 Å². The van der Waals surface area contributed by atoms with Crippen LogP contribution in [-0.2, 0) is 18.2 Å². The number of nitriles is 1. The average Bonchev–Trinajstić information content (AvgIpc) is 3.11. The van der Waals surface area contributed by atoms with Crippen LogP contribution in [0.15, 0.2) is 24.3 Å². The molecule has 2 aliphatic heterocycles. The van der Waals surface area contributed by atoms with Crippen LogP contribution in [0.4, 0.5) is 0 Å². The fourth-order valence-electron chi connectivity index (χ4n) is 5.10. The standard InChI is InChI=1S/C26H26Cl2N4O2/c1-15-9-18(12-29)30-25-21(15)10-19(31(25)2)11-22-23(27)4-3-20(24(22)28)26(33)32-7-5-16(6-8-32)17-13-34-14-17/h3-4,9-10,16-17H,5-8,11,13-14H2,1-2H3. The summed E-state index contributed by atoms with van der Waals surface area (Å²) in [5, 5.41) is 11.2. The van der Waals surface area contributed by atoms with Crippen molar-refractivity contribution >= 4 is 40.1 Å². The molecule has 0 spiro atoms. The number of hydrogen-bond donors (Lipinski definition) is 0. The number of rotatable bonds is 4. The zero-order valence-electron chi connectivity index (χ0n) is 19.3. The zero-order chi connectivity index (χ0) is 24.0. The monoisotopic (exact) mass is 496 g/mol. The molecule has 1 aromatic carbocycles. The van der Waals surface area contributed by atoms with Crippen molar-refractivity contribution in [3.63, 3.8) is 0 Å². The van der Waals surface area contributed by atoms with Crippen LogP contribution in [0.2, 0.25) is 10.0 Å². The molecule has 2 fully saturated rings. The van der Waals surface area contributed by atoms with E-state index >= 15 is 0 Å². The molecule has 0 aliphatic carbocycles. The SMILES string of the molecule is Cc1cc(C#N)nc2c1cc(Cc1c(Cl)ccc(C(=O)N3CCC(C4COC4)CC3)c1Cl)n2C. The van der Waals surface area contributed by atoms with Gasteiger partial charge in [0.1, 0.15) is 17.4 Å². The normalized spacial score (nSPS) is 17.1. The molecule has 0 radical (unpaired) electrons. The summed E-state index contributed by atoms with van der Waals surface area (Å²) in [5.41, 5.74) is 4.28. The molecular formula is C26H26Cl2N4O2. The van der Waals surface area contributed by atoms with E-state index in [1.54, 1.807) is 18.2 Å². The van der Waals surface area contributed by atoms with Gasteiger partial charge in [0.2, 0.25) is 0 Å². The van der Waals surface area contributed by atoms with Crippen molar-refractivity contribution in [3.05, 3.63) is 62.4 Å². The molecule has 176 valence electrons. The lowest BCUT2D eigenvalue weighted by Gasteiger charge is -2.39. The van der Waals surface area contributed by atoms with E-state index in [1.807, 2.05) is 23.4 Å². The highest BCUT2D eigenvalue weighted by Gasteiger charge is 2.33. The smallest absolute Gasteiger partial charge is 0.255 e. The van der Waals surface area contributed by atoms with Gasteiger partial charge >= 0.3 is 0 Å². The fraction of sp³-hybridized carbons (Fsp3) is 0.423. The minimum atomic E-state index is -0.0422. The van der Waals surface area contributed by atoms with Crippen LogP contribution in [0.1, 0.15) is 45.7 Å². The number of aryl methyl sites for hydroxylation is 2. The molecule has 2 saturated heterocycles. The second-order valence-electron chi connectivity index (χ2n) is 9.36. The van der Waals surface area contributed by atoms with E-state index in [-0.39, 0.29) is 5.91 Å². The first-order valence-corrected chi connectivity index (χ1v) is 12.3. The summed E-state index contributed by atoms with van der Waals surface area (Å²) in [6, 6.07) is 9.44. The predicted molar refractivity (Wildman–Crippen MR) is 132 cm³/mol. The quantitative estimate of drug-likeness (QED) is 0.500. The number of likely N-dealkylation sites (tertiary alicyclic amines) is 1. The molecule has 0 unspecified atom stereocenters. The van der Waals surface area contributed by atoms with Crippen molar-refractivity contribution < 1.29 is 9.53 Å².